The van der Waals surface area contributed by atoms with Gasteiger partial charge < -0.3 is 4.57 Å². The summed E-state index contributed by atoms with van der Waals surface area (Å²) in [5.74, 6) is 1.01. The molecule has 0 aliphatic rings. The van der Waals surface area contributed by atoms with Crippen molar-refractivity contribution in [2.75, 3.05) is 0 Å². The van der Waals surface area contributed by atoms with Crippen molar-refractivity contribution in [3.8, 4) is 22.5 Å². The number of hydrogen-bond donors (Lipinski definition) is 0. The molecule has 0 saturated heterocycles. The van der Waals surface area contributed by atoms with Crippen LogP contribution in [-0.2, 0) is 0 Å². The number of rotatable bonds is 3. The van der Waals surface area contributed by atoms with Gasteiger partial charge in [-0.25, -0.2) is 4.98 Å². The van der Waals surface area contributed by atoms with Gasteiger partial charge in [-0.3, -0.25) is 0 Å². The Kier molecular flexibility index (Phi) is 3.93. The van der Waals surface area contributed by atoms with Crippen LogP contribution < -0.4 is 0 Å². The van der Waals surface area contributed by atoms with E-state index in [4.69, 9.17) is 4.98 Å². The lowest BCUT2D eigenvalue weighted by Gasteiger charge is -2.14. The monoisotopic (exact) mass is 340 g/mol. The summed E-state index contributed by atoms with van der Waals surface area (Å²) in [5, 5.41) is 0. The van der Waals surface area contributed by atoms with Gasteiger partial charge in [0.1, 0.15) is 5.82 Å². The second-order valence-corrected chi connectivity index (χ2v) is 6.36. The predicted octanol–water partition coefficient (Wildman–Crippen LogP) is 5.44. The molecule has 1 atom stereocenters. The lowest BCUT2D eigenvalue weighted by molar-refractivity contribution is 0.729. The molecule has 0 saturated carbocycles. The molecule has 0 radical (unpaired) electrons. The lowest BCUT2D eigenvalue weighted by atomic mass is 10.0. The van der Waals surface area contributed by atoms with Gasteiger partial charge in [0.15, 0.2) is 0 Å². The molecule has 3 heteroatoms. The van der Waals surface area contributed by atoms with E-state index in [0.29, 0.717) is 0 Å². The summed E-state index contributed by atoms with van der Waals surface area (Å²) in [5.41, 5.74) is 4.52. The highest BCUT2D eigenvalue weighted by molar-refractivity contribution is 9.09. The Balaban J connectivity index is 2.29. The van der Waals surface area contributed by atoms with E-state index in [0.717, 1.165) is 22.8 Å². The zero-order chi connectivity index (χ0) is 14.8. The summed E-state index contributed by atoms with van der Waals surface area (Å²) >= 11 is 3.69. The summed E-state index contributed by atoms with van der Waals surface area (Å²) in [7, 11) is 0. The maximum Gasteiger partial charge on any atom is 0.107 e. The molecular weight excluding hydrogens is 324 g/mol. The summed E-state index contributed by atoms with van der Waals surface area (Å²) in [4.78, 5) is 5.00. The first-order valence-corrected chi connectivity index (χ1v) is 7.94. The van der Waals surface area contributed by atoms with Gasteiger partial charge in [0.25, 0.3) is 0 Å². The first-order valence-electron chi connectivity index (χ1n) is 7.02. The van der Waals surface area contributed by atoms with Crippen LogP contribution >= 0.6 is 15.9 Å². The van der Waals surface area contributed by atoms with E-state index in [1.807, 2.05) is 12.1 Å². The molecule has 0 aliphatic carbocycles. The summed E-state index contributed by atoms with van der Waals surface area (Å²) in [6.45, 7) is 4.17. The molecule has 0 aliphatic heterocycles. The van der Waals surface area contributed by atoms with E-state index in [1.54, 1.807) is 0 Å². The van der Waals surface area contributed by atoms with Crippen LogP contribution in [0.5, 0.6) is 0 Å². The molecule has 1 heterocycles. The van der Waals surface area contributed by atoms with E-state index < -0.39 is 0 Å². The number of imidazole rings is 1. The van der Waals surface area contributed by atoms with Crippen LogP contribution in [0.25, 0.3) is 22.5 Å². The Hall–Kier alpha value is -1.87. The largest absolute Gasteiger partial charge is 0.315 e. The Morgan fingerprint density at radius 2 is 1.43 bits per heavy atom. The fraction of sp³-hybridized carbons (Fsp3) is 0.167. The Bertz CT molecular complexity index is 731. The predicted molar refractivity (Wildman–Crippen MR) is 91.5 cm³/mol. The van der Waals surface area contributed by atoms with Crippen LogP contribution in [0.2, 0.25) is 0 Å². The fourth-order valence-corrected chi connectivity index (χ4v) is 3.15. The standard InChI is InChI=1S/C18H17BrN2/c1-13(19)21-14(2)20-17(15-9-5-3-6-10-15)18(21)16-11-7-4-8-12-16/h3-13H,1-2H3. The van der Waals surface area contributed by atoms with Gasteiger partial charge in [-0.2, -0.15) is 0 Å². The summed E-state index contributed by atoms with van der Waals surface area (Å²) in [6.07, 6.45) is 0. The Morgan fingerprint density at radius 1 is 0.905 bits per heavy atom. The van der Waals surface area contributed by atoms with Crippen LogP contribution in [-0.4, -0.2) is 9.55 Å². The van der Waals surface area contributed by atoms with Crippen LogP contribution in [0.3, 0.4) is 0 Å². The third kappa shape index (κ3) is 2.66. The maximum atomic E-state index is 4.81. The van der Waals surface area contributed by atoms with Gasteiger partial charge >= 0.3 is 0 Å². The van der Waals surface area contributed by atoms with Crippen molar-refractivity contribution in [2.45, 2.75) is 18.8 Å². The minimum absolute atomic E-state index is 0.192. The number of benzene rings is 2. The molecular formula is C18H17BrN2. The van der Waals surface area contributed by atoms with E-state index in [9.17, 15) is 0 Å². The topological polar surface area (TPSA) is 17.8 Å². The number of aryl methyl sites for hydroxylation is 1. The number of halogens is 1. The SMILES string of the molecule is Cc1nc(-c2ccccc2)c(-c2ccccc2)n1C(C)Br. The zero-order valence-electron chi connectivity index (χ0n) is 12.1. The second kappa shape index (κ2) is 5.86. The molecule has 106 valence electrons. The molecule has 0 spiro atoms. The van der Waals surface area contributed by atoms with E-state index >= 15 is 0 Å². The van der Waals surface area contributed by atoms with Gasteiger partial charge in [-0.1, -0.05) is 76.6 Å². The van der Waals surface area contributed by atoms with Gasteiger partial charge in [0, 0.05) is 11.1 Å². The highest BCUT2D eigenvalue weighted by Crippen LogP contribution is 2.35. The highest BCUT2D eigenvalue weighted by Gasteiger charge is 2.19. The Morgan fingerprint density at radius 3 is 1.95 bits per heavy atom. The molecule has 0 N–H and O–H groups in total. The van der Waals surface area contributed by atoms with E-state index in [1.165, 1.54) is 5.56 Å². The first kappa shape index (κ1) is 14.1. The van der Waals surface area contributed by atoms with Crippen molar-refractivity contribution in [1.29, 1.82) is 0 Å². The summed E-state index contributed by atoms with van der Waals surface area (Å²) < 4.78 is 2.23. The van der Waals surface area contributed by atoms with Crippen LogP contribution in [0.15, 0.2) is 60.7 Å². The van der Waals surface area contributed by atoms with Crippen molar-refractivity contribution in [2.24, 2.45) is 0 Å². The number of hydrogen-bond acceptors (Lipinski definition) is 1. The smallest absolute Gasteiger partial charge is 0.107 e. The minimum atomic E-state index is 0.192. The third-order valence-electron chi connectivity index (χ3n) is 3.54. The number of nitrogens with zero attached hydrogens (tertiary/aromatic N) is 2. The van der Waals surface area contributed by atoms with Gasteiger partial charge in [0.05, 0.1) is 16.3 Å². The molecule has 1 aromatic heterocycles. The van der Waals surface area contributed by atoms with Crippen molar-refractivity contribution < 1.29 is 0 Å². The van der Waals surface area contributed by atoms with Crippen LogP contribution in [0, 0.1) is 6.92 Å². The molecule has 3 aromatic rings. The average Bonchev–Trinajstić information content (AvgIpc) is 2.86. The first-order chi connectivity index (χ1) is 10.2. The highest BCUT2D eigenvalue weighted by atomic mass is 79.9. The third-order valence-corrected chi connectivity index (χ3v) is 3.95. The van der Waals surface area contributed by atoms with Crippen molar-refractivity contribution >= 4 is 15.9 Å². The Labute approximate surface area is 133 Å². The maximum absolute atomic E-state index is 4.81. The molecule has 0 fully saturated rings. The molecule has 0 amide bonds. The van der Waals surface area contributed by atoms with Crippen LogP contribution in [0.1, 0.15) is 17.7 Å². The van der Waals surface area contributed by atoms with Crippen LogP contribution in [0.4, 0.5) is 0 Å². The normalized spacial score (nSPS) is 12.3. The summed E-state index contributed by atoms with van der Waals surface area (Å²) in [6, 6.07) is 20.8. The molecule has 2 aromatic carbocycles. The average molecular weight is 341 g/mol. The van der Waals surface area contributed by atoms with Gasteiger partial charge in [0.2, 0.25) is 0 Å². The van der Waals surface area contributed by atoms with Crippen molar-refractivity contribution in [1.82, 2.24) is 9.55 Å². The van der Waals surface area contributed by atoms with Gasteiger partial charge in [-0.05, 0) is 13.8 Å². The fourth-order valence-electron chi connectivity index (χ4n) is 2.65. The van der Waals surface area contributed by atoms with E-state index in [2.05, 4.69) is 82.9 Å². The molecule has 3 rings (SSSR count). The number of alkyl halides is 1. The molecule has 21 heavy (non-hydrogen) atoms. The van der Waals surface area contributed by atoms with Gasteiger partial charge in [-0.15, -0.1) is 0 Å². The molecule has 2 nitrogen and oxygen atoms in total. The molecule has 1 unspecified atom stereocenters. The van der Waals surface area contributed by atoms with Crippen molar-refractivity contribution in [3.63, 3.8) is 0 Å². The lowest BCUT2D eigenvalue weighted by Crippen LogP contribution is -2.02. The van der Waals surface area contributed by atoms with E-state index in [-0.39, 0.29) is 4.95 Å². The van der Waals surface area contributed by atoms with Crippen molar-refractivity contribution in [3.05, 3.63) is 66.5 Å². The minimum Gasteiger partial charge on any atom is -0.315 e. The quantitative estimate of drug-likeness (QED) is 0.580. The number of aromatic nitrogens is 2. The molecule has 0 bridgehead atoms. The zero-order valence-corrected chi connectivity index (χ0v) is 13.7. The second-order valence-electron chi connectivity index (χ2n) is 5.03.